The highest BCUT2D eigenvalue weighted by atomic mass is 31.2. The van der Waals surface area contributed by atoms with E-state index in [2.05, 4.69) is 55.6 Å². The lowest BCUT2D eigenvalue weighted by Gasteiger charge is -2.25. The third kappa shape index (κ3) is 52.3. The Morgan fingerprint density at radius 1 is 0.485 bits per heavy atom. The fraction of sp³-hybridized carbons (Fsp3) is 0.847. The summed E-state index contributed by atoms with van der Waals surface area (Å²) >= 11 is 0. The van der Waals surface area contributed by atoms with Crippen molar-refractivity contribution in [2.75, 3.05) is 40.9 Å². The number of amides is 1. The van der Waals surface area contributed by atoms with Crippen molar-refractivity contribution in [3.8, 4) is 0 Å². The maximum absolute atomic E-state index is 13.0. The molecule has 0 spiro atoms. The average molecular weight is 979 g/mol. The van der Waals surface area contributed by atoms with Gasteiger partial charge in [-0.15, -0.1) is 0 Å². The van der Waals surface area contributed by atoms with Gasteiger partial charge >= 0.3 is 7.82 Å². The van der Waals surface area contributed by atoms with Crippen LogP contribution in [0.25, 0.3) is 0 Å². The minimum atomic E-state index is -4.36. The van der Waals surface area contributed by atoms with Crippen LogP contribution in [-0.2, 0) is 18.4 Å². The molecule has 0 aromatic carbocycles. The van der Waals surface area contributed by atoms with Crippen LogP contribution in [0.15, 0.2) is 48.6 Å². The molecule has 3 atom stereocenters. The van der Waals surface area contributed by atoms with Gasteiger partial charge in [0.2, 0.25) is 5.91 Å². The summed E-state index contributed by atoms with van der Waals surface area (Å²) in [5, 5.41) is 13.9. The monoisotopic (exact) mass is 978 g/mol. The van der Waals surface area contributed by atoms with Gasteiger partial charge in [-0.05, 0) is 70.6 Å². The lowest BCUT2D eigenvalue weighted by Crippen LogP contribution is -2.45. The quantitative estimate of drug-likeness (QED) is 0.0243. The number of allylic oxidation sites excluding steroid dienone is 7. The molecule has 3 N–H and O–H groups in total. The number of nitrogens with zero attached hydrogens (tertiary/aromatic N) is 1. The maximum atomic E-state index is 13.0. The number of rotatable bonds is 53. The summed E-state index contributed by atoms with van der Waals surface area (Å²) in [5.74, 6) is -0.193. The Bertz CT molecular complexity index is 1250. The second-order valence-corrected chi connectivity index (χ2v) is 22.4. The van der Waals surface area contributed by atoms with Crippen LogP contribution in [0.5, 0.6) is 0 Å². The lowest BCUT2D eigenvalue weighted by molar-refractivity contribution is -0.870. The van der Waals surface area contributed by atoms with E-state index in [1.54, 1.807) is 6.08 Å². The first-order valence-corrected chi connectivity index (χ1v) is 30.5. The number of carbonyl (C=O) groups excluding carboxylic acids is 1. The third-order valence-electron chi connectivity index (χ3n) is 13.0. The van der Waals surface area contributed by atoms with E-state index in [0.717, 1.165) is 44.9 Å². The van der Waals surface area contributed by atoms with Gasteiger partial charge in [-0.2, -0.15) is 0 Å². The summed E-state index contributed by atoms with van der Waals surface area (Å²) in [4.78, 5) is 23.3. The van der Waals surface area contributed by atoms with Gasteiger partial charge in [-0.1, -0.05) is 242 Å². The van der Waals surface area contributed by atoms with E-state index >= 15 is 0 Å². The van der Waals surface area contributed by atoms with Crippen molar-refractivity contribution in [1.82, 2.24) is 5.32 Å². The molecule has 0 radical (unpaired) electrons. The van der Waals surface area contributed by atoms with E-state index in [-0.39, 0.29) is 19.1 Å². The van der Waals surface area contributed by atoms with Crippen LogP contribution in [0.2, 0.25) is 0 Å². The summed E-state index contributed by atoms with van der Waals surface area (Å²) in [6, 6.07) is -0.873. The van der Waals surface area contributed by atoms with Gasteiger partial charge in [0.1, 0.15) is 13.2 Å². The van der Waals surface area contributed by atoms with Gasteiger partial charge < -0.3 is 19.8 Å². The molecule has 0 bridgehead atoms. The van der Waals surface area contributed by atoms with E-state index in [0.29, 0.717) is 17.4 Å². The molecule has 0 aromatic rings. The molecule has 0 aromatic heterocycles. The Morgan fingerprint density at radius 3 is 1.18 bits per heavy atom. The van der Waals surface area contributed by atoms with Gasteiger partial charge in [0, 0.05) is 6.42 Å². The molecule has 0 saturated carbocycles. The Kier molecular flexibility index (Phi) is 49.3. The molecule has 1 amide bonds. The fourth-order valence-corrected chi connectivity index (χ4v) is 9.16. The first-order valence-electron chi connectivity index (χ1n) is 29.0. The first kappa shape index (κ1) is 66.5. The minimum absolute atomic E-state index is 0.0522. The van der Waals surface area contributed by atoms with Crippen molar-refractivity contribution < 1.29 is 32.9 Å². The Morgan fingerprint density at radius 2 is 0.809 bits per heavy atom. The van der Waals surface area contributed by atoms with E-state index in [4.69, 9.17) is 9.05 Å². The second-order valence-electron chi connectivity index (χ2n) is 21.0. The van der Waals surface area contributed by atoms with Crippen molar-refractivity contribution in [3.05, 3.63) is 48.6 Å². The topological polar surface area (TPSA) is 105 Å². The maximum Gasteiger partial charge on any atom is 0.472 e. The predicted octanol–water partition coefficient (Wildman–Crippen LogP) is 17.5. The normalized spacial score (nSPS) is 14.3. The number of aliphatic hydroxyl groups is 1. The fourth-order valence-electron chi connectivity index (χ4n) is 8.42. The van der Waals surface area contributed by atoms with E-state index in [1.807, 2.05) is 27.2 Å². The number of phosphoric ester groups is 1. The molecule has 9 heteroatoms. The van der Waals surface area contributed by atoms with Crippen LogP contribution in [-0.4, -0.2) is 73.4 Å². The van der Waals surface area contributed by atoms with Crippen molar-refractivity contribution in [3.63, 3.8) is 0 Å². The van der Waals surface area contributed by atoms with Crippen molar-refractivity contribution >= 4 is 13.7 Å². The summed E-state index contributed by atoms with van der Waals surface area (Å²) in [6.07, 6.45) is 66.5. The van der Waals surface area contributed by atoms with E-state index in [9.17, 15) is 19.4 Å². The molecule has 0 fully saturated rings. The third-order valence-corrected chi connectivity index (χ3v) is 14.0. The molecule has 68 heavy (non-hydrogen) atoms. The molecule has 0 rings (SSSR count). The number of carbonyl (C=O) groups is 1. The van der Waals surface area contributed by atoms with Gasteiger partial charge in [0.15, 0.2) is 0 Å². The number of quaternary nitrogens is 1. The van der Waals surface area contributed by atoms with Gasteiger partial charge in [-0.3, -0.25) is 13.8 Å². The number of hydrogen-bond acceptors (Lipinski definition) is 5. The number of phosphoric acid groups is 1. The standard InChI is InChI=1S/C59H113N2O6P/c1-6-8-10-12-14-16-18-20-22-24-26-28-30-32-34-36-38-40-42-44-46-48-50-52-58(62)57(56-67-68(64,65)66-55-54-61(3,4)5)60-59(63)53-51-49-47-45-43-41-39-37-35-33-31-29-27-25-23-21-19-17-15-13-11-9-7-2/h33-36,42,44,50,52,57-58,62H,6-32,37-41,43,45-49,51,53-56H2,1-5H3,(H-,60,63,64,65)/p+1/b35-33-,36-34+,44-42+,52-50+. The SMILES string of the molecule is CCCCCCCCCCCCCC/C=C\CCCCCCCCCC(=O)NC(COP(=O)(O)OCC[N+](C)(C)C)C(O)/C=C/CC/C=C/CC/C=C/CCCCCCCCCCCCCCC. The molecule has 400 valence electrons. The Labute approximate surface area is 422 Å². The van der Waals surface area contributed by atoms with Crippen molar-refractivity contribution in [1.29, 1.82) is 0 Å². The van der Waals surface area contributed by atoms with Gasteiger partial charge in [-0.25, -0.2) is 4.57 Å². The molecule has 0 aliphatic heterocycles. The van der Waals surface area contributed by atoms with Gasteiger partial charge in [0.05, 0.1) is 39.9 Å². The molecule has 0 aliphatic rings. The lowest BCUT2D eigenvalue weighted by atomic mass is 10.0. The van der Waals surface area contributed by atoms with Crippen molar-refractivity contribution in [2.45, 2.75) is 283 Å². The highest BCUT2D eigenvalue weighted by Gasteiger charge is 2.27. The Hall–Kier alpha value is -1.54. The Balaban J connectivity index is 4.30. The molecule has 3 unspecified atom stereocenters. The molecule has 0 heterocycles. The largest absolute Gasteiger partial charge is 0.472 e. The summed E-state index contributed by atoms with van der Waals surface area (Å²) < 4.78 is 23.7. The smallest absolute Gasteiger partial charge is 0.387 e. The first-order chi connectivity index (χ1) is 33.0. The number of aliphatic hydroxyl groups excluding tert-OH is 1. The molecule has 8 nitrogen and oxygen atoms in total. The highest BCUT2D eigenvalue weighted by Crippen LogP contribution is 2.43. The van der Waals surface area contributed by atoms with E-state index < -0.39 is 20.0 Å². The van der Waals surface area contributed by atoms with Gasteiger partial charge in [0.25, 0.3) is 0 Å². The molecule has 0 aliphatic carbocycles. The molecule has 0 saturated heterocycles. The number of hydrogen-bond donors (Lipinski definition) is 3. The average Bonchev–Trinajstić information content (AvgIpc) is 3.30. The zero-order chi connectivity index (χ0) is 49.9. The summed E-state index contributed by atoms with van der Waals surface area (Å²) in [6.45, 7) is 4.81. The number of likely N-dealkylation sites (N-methyl/N-ethyl adjacent to an activating group) is 1. The van der Waals surface area contributed by atoms with Crippen LogP contribution in [0.4, 0.5) is 0 Å². The molecular formula is C59H114N2O6P+. The number of nitrogens with one attached hydrogen (secondary N) is 1. The molecular weight excluding hydrogens is 864 g/mol. The zero-order valence-electron chi connectivity index (χ0n) is 45.6. The van der Waals surface area contributed by atoms with Crippen LogP contribution in [0.1, 0.15) is 271 Å². The summed E-state index contributed by atoms with van der Waals surface area (Å²) in [7, 11) is 1.55. The van der Waals surface area contributed by atoms with Crippen LogP contribution in [0.3, 0.4) is 0 Å². The predicted molar refractivity (Wildman–Crippen MR) is 295 cm³/mol. The van der Waals surface area contributed by atoms with Crippen LogP contribution in [0, 0.1) is 0 Å². The van der Waals surface area contributed by atoms with Crippen LogP contribution >= 0.6 is 7.82 Å². The van der Waals surface area contributed by atoms with Crippen LogP contribution < -0.4 is 5.32 Å². The zero-order valence-corrected chi connectivity index (χ0v) is 46.5. The van der Waals surface area contributed by atoms with Crippen molar-refractivity contribution in [2.24, 2.45) is 0 Å². The number of unbranched alkanes of at least 4 members (excludes halogenated alkanes) is 34. The highest BCUT2D eigenvalue weighted by molar-refractivity contribution is 7.47. The van der Waals surface area contributed by atoms with E-state index in [1.165, 1.54) is 205 Å². The minimum Gasteiger partial charge on any atom is -0.387 e. The second kappa shape index (κ2) is 50.4. The summed E-state index contributed by atoms with van der Waals surface area (Å²) in [5.41, 5.74) is 0.